The zero-order valence-corrected chi connectivity index (χ0v) is 38.2. The van der Waals surface area contributed by atoms with Crippen LogP contribution < -0.4 is 15.7 Å². The predicted molar refractivity (Wildman–Crippen MR) is 266 cm³/mol. The summed E-state index contributed by atoms with van der Waals surface area (Å²) < 4.78 is 5.38. The average molecular weight is 809 g/mol. The molecule has 4 heteroatoms. The fourth-order valence-corrected chi connectivity index (χ4v) is 12.6. The van der Waals surface area contributed by atoms with Gasteiger partial charge in [0.1, 0.15) is 0 Å². The summed E-state index contributed by atoms with van der Waals surface area (Å²) in [7, 11) is 0. The van der Waals surface area contributed by atoms with Crippen molar-refractivity contribution in [2.24, 2.45) is 0 Å². The summed E-state index contributed by atoms with van der Waals surface area (Å²) in [6, 6.07) is 47.8. The smallest absolute Gasteiger partial charge is 0.333 e. The Hall–Kier alpha value is -5.58. The van der Waals surface area contributed by atoms with Gasteiger partial charge >= 0.3 is 6.85 Å². The molecule has 0 bridgehead atoms. The number of nitrogens with zero attached hydrogens (tertiary/aromatic N) is 2. The van der Waals surface area contributed by atoms with E-state index in [0.29, 0.717) is 0 Å². The van der Waals surface area contributed by atoms with E-state index < -0.39 is 0 Å². The van der Waals surface area contributed by atoms with Gasteiger partial charge in [0.2, 0.25) is 0 Å². The van der Waals surface area contributed by atoms with Crippen LogP contribution in [0, 0.1) is 0 Å². The summed E-state index contributed by atoms with van der Waals surface area (Å²) in [5.74, 6) is 0. The van der Waals surface area contributed by atoms with Crippen molar-refractivity contribution in [1.29, 1.82) is 0 Å². The average Bonchev–Trinajstić information content (AvgIpc) is 3.83. The van der Waals surface area contributed by atoms with Crippen LogP contribution in [0.5, 0.6) is 0 Å². The number of fused-ring (bicyclic) bond motifs is 16. The summed E-state index contributed by atoms with van der Waals surface area (Å²) >= 11 is 1.93. The van der Waals surface area contributed by atoms with Crippen LogP contribution in [0.2, 0.25) is 0 Å². The minimum absolute atomic E-state index is 0.000827. The summed E-state index contributed by atoms with van der Waals surface area (Å²) in [6.45, 7) is 26.0. The van der Waals surface area contributed by atoms with Crippen molar-refractivity contribution in [2.75, 3.05) is 4.81 Å². The predicted octanol–water partition coefficient (Wildman–Crippen LogP) is 14.6. The Morgan fingerprint density at radius 2 is 1.20 bits per heavy atom. The third kappa shape index (κ3) is 4.92. The van der Waals surface area contributed by atoms with E-state index in [0.717, 1.165) is 0 Å². The lowest BCUT2D eigenvalue weighted by molar-refractivity contribution is 0.590. The molecule has 61 heavy (non-hydrogen) atoms. The Morgan fingerprint density at radius 3 is 1.93 bits per heavy atom. The molecule has 2 aromatic heterocycles. The van der Waals surface area contributed by atoms with Gasteiger partial charge in [0, 0.05) is 59.0 Å². The van der Waals surface area contributed by atoms with Gasteiger partial charge < -0.3 is 9.38 Å². The van der Waals surface area contributed by atoms with Gasteiger partial charge in [-0.1, -0.05) is 143 Å². The molecule has 0 unspecified atom stereocenters. The number of thiophene rings is 1. The molecule has 0 fully saturated rings. The minimum atomic E-state index is -0.219. The number of aromatic nitrogens is 1. The van der Waals surface area contributed by atoms with Crippen molar-refractivity contribution in [3.05, 3.63) is 149 Å². The molecule has 0 radical (unpaired) electrons. The zero-order chi connectivity index (χ0) is 42.3. The summed E-state index contributed by atoms with van der Waals surface area (Å²) in [5, 5.41) is 5.45. The Morgan fingerprint density at radius 1 is 0.541 bits per heavy atom. The number of anilines is 2. The lowest BCUT2D eigenvalue weighted by Gasteiger charge is -2.43. The lowest BCUT2D eigenvalue weighted by atomic mass is 9.43. The van der Waals surface area contributed by atoms with Gasteiger partial charge in [0.05, 0.1) is 11.0 Å². The second kappa shape index (κ2) is 11.9. The van der Waals surface area contributed by atoms with Gasteiger partial charge in [-0.15, -0.1) is 11.3 Å². The summed E-state index contributed by atoms with van der Waals surface area (Å²) in [5.41, 5.74) is 21.6. The van der Waals surface area contributed by atoms with Crippen LogP contribution in [0.4, 0.5) is 11.4 Å². The molecule has 0 amide bonds. The van der Waals surface area contributed by atoms with Crippen LogP contribution in [0.3, 0.4) is 0 Å². The van der Waals surface area contributed by atoms with Gasteiger partial charge in [-0.2, -0.15) is 0 Å². The molecule has 7 aromatic carbocycles. The zero-order valence-electron chi connectivity index (χ0n) is 37.4. The van der Waals surface area contributed by atoms with Gasteiger partial charge in [-0.05, 0) is 126 Å². The van der Waals surface area contributed by atoms with E-state index in [1.807, 2.05) is 11.3 Å². The molecule has 0 spiro atoms. The maximum atomic E-state index is 2.72. The maximum Gasteiger partial charge on any atom is 0.333 e. The molecule has 1 aliphatic carbocycles. The highest BCUT2D eigenvalue weighted by molar-refractivity contribution is 7.26. The van der Waals surface area contributed by atoms with Crippen LogP contribution in [0.15, 0.2) is 121 Å². The van der Waals surface area contributed by atoms with Crippen LogP contribution in [-0.2, 0) is 21.7 Å². The van der Waals surface area contributed by atoms with Crippen molar-refractivity contribution >= 4 is 82.5 Å². The molecule has 2 aliphatic heterocycles. The van der Waals surface area contributed by atoms with E-state index in [-0.39, 0.29) is 28.5 Å². The number of hydrogen-bond acceptors (Lipinski definition) is 2. The fraction of sp³-hybridized carbons (Fsp3) is 0.263. The normalized spacial score (nSPS) is 15.2. The van der Waals surface area contributed by atoms with Crippen molar-refractivity contribution in [3.8, 4) is 27.9 Å². The molecule has 4 heterocycles. The Bertz CT molecular complexity index is 3390. The van der Waals surface area contributed by atoms with E-state index in [4.69, 9.17) is 0 Å². The maximum absolute atomic E-state index is 2.72. The van der Waals surface area contributed by atoms with E-state index in [1.54, 1.807) is 0 Å². The highest BCUT2D eigenvalue weighted by atomic mass is 32.1. The van der Waals surface area contributed by atoms with Crippen molar-refractivity contribution in [1.82, 2.24) is 4.57 Å². The molecule has 2 nitrogen and oxygen atoms in total. The molecule has 12 rings (SSSR count). The molecule has 9 aromatic rings. The van der Waals surface area contributed by atoms with Gasteiger partial charge in [-0.3, -0.25) is 0 Å². The molecule has 0 N–H and O–H groups in total. The van der Waals surface area contributed by atoms with Crippen LogP contribution in [0.1, 0.15) is 104 Å². The van der Waals surface area contributed by atoms with E-state index in [9.17, 15) is 0 Å². The Balaban J connectivity index is 1.34. The Labute approximate surface area is 365 Å². The third-order valence-corrected chi connectivity index (χ3v) is 15.7. The Kier molecular flexibility index (Phi) is 7.24. The van der Waals surface area contributed by atoms with Crippen molar-refractivity contribution < 1.29 is 0 Å². The monoisotopic (exact) mass is 808 g/mol. The van der Waals surface area contributed by atoms with E-state index in [1.165, 1.54) is 120 Å². The summed E-state index contributed by atoms with van der Waals surface area (Å²) in [6.07, 6.45) is 0. The topological polar surface area (TPSA) is 8.17 Å². The third-order valence-electron chi connectivity index (χ3n) is 14.6. The van der Waals surface area contributed by atoms with Crippen molar-refractivity contribution in [3.63, 3.8) is 0 Å². The highest BCUT2D eigenvalue weighted by Crippen LogP contribution is 2.59. The SMILES string of the molecule is CC(C)(C)c1ccc(N2B3c4cc5sc6ccccc6c5cc4-n4c5ccc(C(C)(C)C)cc5c5c6c(c(c3c54)-c3cc(C(C)(C)C)ccc32)-c2ccccc2C6(C)C)cc1. The first-order valence-electron chi connectivity index (χ1n) is 22.2. The first-order chi connectivity index (χ1) is 28.9. The first kappa shape index (κ1) is 37.2. The fourth-order valence-electron chi connectivity index (χ4n) is 11.4. The molecule has 3 aliphatic rings. The quantitative estimate of drug-likeness (QED) is 0.150. The number of hydrogen-bond donors (Lipinski definition) is 0. The van der Waals surface area contributed by atoms with Gasteiger partial charge in [0.15, 0.2) is 0 Å². The molecule has 0 atom stereocenters. The molecule has 0 saturated heterocycles. The molecular weight excluding hydrogens is 756 g/mol. The molecule has 300 valence electrons. The van der Waals surface area contributed by atoms with Crippen molar-refractivity contribution in [2.45, 2.75) is 97.8 Å². The van der Waals surface area contributed by atoms with Gasteiger partial charge in [0.25, 0.3) is 0 Å². The lowest BCUT2D eigenvalue weighted by Crippen LogP contribution is -2.60. The minimum Gasteiger partial charge on any atom is -0.376 e. The van der Waals surface area contributed by atoms with E-state index >= 15 is 0 Å². The second-order valence-corrected chi connectivity index (χ2v) is 22.9. The van der Waals surface area contributed by atoms with Crippen LogP contribution in [-0.4, -0.2) is 11.4 Å². The highest BCUT2D eigenvalue weighted by Gasteiger charge is 2.50. The number of benzene rings is 7. The first-order valence-corrected chi connectivity index (χ1v) is 23.0. The van der Waals surface area contributed by atoms with Crippen LogP contribution in [0.25, 0.3) is 69.9 Å². The standard InChI is InChI=1S/C57H53BN2S/c1-54(2,3)32-20-24-35(25-21-32)60-44-27-23-34(56(7,8)9)29-40(44)49-48-37-17-12-14-18-41(37)57(10,11)51(48)50-39-28-33(55(4,5)6)22-26-43(39)59-45-30-38-36-16-13-15-19-46(36)61-47(38)31-42(45)58(60)52(49)53(50)59/h12-31H,1-11H3. The number of rotatable bonds is 1. The molecule has 0 saturated carbocycles. The van der Waals surface area contributed by atoms with Crippen LogP contribution >= 0.6 is 11.3 Å². The largest absolute Gasteiger partial charge is 0.376 e. The van der Waals surface area contributed by atoms with Gasteiger partial charge in [-0.25, -0.2) is 0 Å². The summed E-state index contributed by atoms with van der Waals surface area (Å²) in [4.78, 5) is 2.72. The van der Waals surface area contributed by atoms with E-state index in [2.05, 4.69) is 207 Å². The molecular formula is C57H53BN2S. The second-order valence-electron chi connectivity index (χ2n) is 21.8.